The van der Waals surface area contributed by atoms with Crippen LogP contribution >= 0.6 is 23.1 Å². The molecule has 0 bridgehead atoms. The number of aromatic hydroxyl groups is 1. The summed E-state index contributed by atoms with van der Waals surface area (Å²) >= 11 is 2.73. The number of anilines is 1. The van der Waals surface area contributed by atoms with Crippen LogP contribution in [0.1, 0.15) is 57.2 Å². The number of rotatable bonds is 9. The van der Waals surface area contributed by atoms with Crippen LogP contribution in [0.4, 0.5) is 5.69 Å². The van der Waals surface area contributed by atoms with E-state index in [0.29, 0.717) is 24.1 Å². The maximum atomic E-state index is 13.4. The van der Waals surface area contributed by atoms with Crippen molar-refractivity contribution in [2.45, 2.75) is 74.7 Å². The van der Waals surface area contributed by atoms with Crippen molar-refractivity contribution in [3.8, 4) is 16.2 Å². The molecule has 1 unspecified atom stereocenters. The molecule has 1 aliphatic rings. The molecule has 45 heavy (non-hydrogen) atoms. The Balaban J connectivity index is 1.37. The predicted molar refractivity (Wildman–Crippen MR) is 181 cm³/mol. The van der Waals surface area contributed by atoms with Crippen LogP contribution in [0.15, 0.2) is 98.6 Å². The van der Waals surface area contributed by atoms with E-state index in [9.17, 15) is 23.4 Å². The van der Waals surface area contributed by atoms with E-state index >= 15 is 0 Å². The molecule has 0 amide bonds. The number of aliphatic hydroxyl groups excluding tert-OH is 1. The van der Waals surface area contributed by atoms with Crippen molar-refractivity contribution in [1.82, 2.24) is 0 Å². The van der Waals surface area contributed by atoms with E-state index in [4.69, 9.17) is 4.74 Å². The molecule has 10 heteroatoms. The molecule has 1 aliphatic heterocycles. The minimum Gasteiger partial charge on any atom is -0.511 e. The zero-order valence-electron chi connectivity index (χ0n) is 25.9. The Morgan fingerprint density at radius 3 is 2.31 bits per heavy atom. The second kappa shape index (κ2) is 12.6. The lowest BCUT2D eigenvalue weighted by molar-refractivity contribution is -0.156. The van der Waals surface area contributed by atoms with Crippen molar-refractivity contribution in [2.75, 3.05) is 4.72 Å². The van der Waals surface area contributed by atoms with E-state index < -0.39 is 27.0 Å². The van der Waals surface area contributed by atoms with Crippen LogP contribution in [0.5, 0.6) is 5.75 Å². The Labute approximate surface area is 273 Å². The summed E-state index contributed by atoms with van der Waals surface area (Å²) in [4.78, 5) is 15.3. The molecule has 0 saturated heterocycles. The van der Waals surface area contributed by atoms with Crippen LogP contribution in [0.2, 0.25) is 0 Å². The average Bonchev–Trinajstić information content (AvgIpc) is 3.51. The van der Waals surface area contributed by atoms with Crippen molar-refractivity contribution < 1.29 is 28.2 Å². The van der Waals surface area contributed by atoms with Gasteiger partial charge in [0.15, 0.2) is 0 Å². The number of thioether (sulfide) groups is 1. The lowest BCUT2D eigenvalue weighted by atomic mass is 9.86. The lowest BCUT2D eigenvalue weighted by Crippen LogP contribution is -2.37. The van der Waals surface area contributed by atoms with Crippen LogP contribution in [0, 0.1) is 6.92 Å². The van der Waals surface area contributed by atoms with Gasteiger partial charge in [-0.15, -0.1) is 11.3 Å². The van der Waals surface area contributed by atoms with Gasteiger partial charge in [-0.05, 0) is 102 Å². The first-order valence-corrected chi connectivity index (χ1v) is 17.7. The molecule has 0 spiro atoms. The van der Waals surface area contributed by atoms with Gasteiger partial charge in [-0.2, -0.15) is 0 Å². The van der Waals surface area contributed by atoms with Crippen LogP contribution in [0.25, 0.3) is 10.4 Å². The fourth-order valence-corrected chi connectivity index (χ4v) is 8.29. The molecule has 3 aromatic carbocycles. The summed E-state index contributed by atoms with van der Waals surface area (Å²) in [6, 6.07) is 21.3. The van der Waals surface area contributed by atoms with Gasteiger partial charge in [-0.1, -0.05) is 62.9 Å². The molecule has 5 rings (SSSR count). The molecule has 2 heterocycles. The molecular formula is C35H37NO6S3. The Morgan fingerprint density at radius 1 is 1.02 bits per heavy atom. The smallest absolute Gasteiger partial charge is 0.348 e. The normalized spacial score (nSPS) is 17.3. The number of carbonyl (C=O) groups excluding carboxylic acids is 1. The number of aryl methyl sites for hydroxylation is 2. The molecule has 1 aromatic heterocycles. The van der Waals surface area contributed by atoms with E-state index in [2.05, 4.69) is 4.72 Å². The minimum atomic E-state index is -3.87. The molecule has 236 valence electrons. The van der Waals surface area contributed by atoms with Gasteiger partial charge in [0.2, 0.25) is 0 Å². The van der Waals surface area contributed by atoms with E-state index in [1.807, 2.05) is 76.4 Å². The van der Waals surface area contributed by atoms with Gasteiger partial charge in [0, 0.05) is 16.2 Å². The average molecular weight is 664 g/mol. The Kier molecular flexibility index (Phi) is 9.13. The largest absolute Gasteiger partial charge is 0.511 e. The molecule has 0 aliphatic carbocycles. The molecule has 4 aromatic rings. The molecule has 0 fully saturated rings. The van der Waals surface area contributed by atoms with Gasteiger partial charge in [-0.25, -0.2) is 13.2 Å². The summed E-state index contributed by atoms with van der Waals surface area (Å²) in [6.45, 7) is 9.65. The number of aliphatic hydroxyl groups is 1. The van der Waals surface area contributed by atoms with Gasteiger partial charge < -0.3 is 14.9 Å². The number of thiophene rings is 1. The first-order chi connectivity index (χ1) is 21.1. The number of esters is 1. The van der Waals surface area contributed by atoms with Crippen LogP contribution in [0.3, 0.4) is 0 Å². The summed E-state index contributed by atoms with van der Waals surface area (Å²) < 4.78 is 35.4. The van der Waals surface area contributed by atoms with Gasteiger partial charge in [0.05, 0.1) is 10.6 Å². The van der Waals surface area contributed by atoms with E-state index in [1.165, 1.54) is 0 Å². The fourth-order valence-electron chi connectivity index (χ4n) is 5.19. The van der Waals surface area contributed by atoms with Crippen molar-refractivity contribution in [2.24, 2.45) is 0 Å². The Hall–Kier alpha value is -3.73. The SMILES string of the molecule is Cc1cc(SC2=C(O)CC(C)(CCc3ccc(O)cc3)OC2=O)c(C(C)(C)C)cc1NS(=O)(=O)c1ccc(-c2cccs2)cc1. The number of sulfonamides is 1. The number of hydrogen-bond acceptors (Lipinski definition) is 8. The topological polar surface area (TPSA) is 113 Å². The van der Waals surface area contributed by atoms with E-state index in [-0.39, 0.29) is 27.7 Å². The number of carbonyl (C=O) groups is 1. The van der Waals surface area contributed by atoms with Crippen LogP contribution in [-0.2, 0) is 31.4 Å². The number of phenols is 1. The zero-order chi connectivity index (χ0) is 32.6. The molecule has 0 saturated carbocycles. The predicted octanol–water partition coefficient (Wildman–Crippen LogP) is 8.73. The number of phenolic OH excluding ortho intramolecular Hbond substituents is 1. The highest BCUT2D eigenvalue weighted by molar-refractivity contribution is 8.04. The first-order valence-electron chi connectivity index (χ1n) is 14.6. The molecule has 7 nitrogen and oxygen atoms in total. The second-order valence-electron chi connectivity index (χ2n) is 12.6. The number of cyclic esters (lactones) is 1. The molecular weight excluding hydrogens is 627 g/mol. The zero-order valence-corrected chi connectivity index (χ0v) is 28.3. The van der Waals surface area contributed by atoms with Crippen LogP contribution in [-0.4, -0.2) is 30.2 Å². The highest BCUT2D eigenvalue weighted by Crippen LogP contribution is 2.44. The van der Waals surface area contributed by atoms with Gasteiger partial charge in [0.1, 0.15) is 22.0 Å². The Bertz CT molecular complexity index is 1840. The van der Waals surface area contributed by atoms with Crippen molar-refractivity contribution >= 4 is 44.8 Å². The minimum absolute atomic E-state index is 0.0299. The lowest BCUT2D eigenvalue weighted by Gasteiger charge is -2.34. The van der Waals surface area contributed by atoms with Crippen molar-refractivity contribution in [3.63, 3.8) is 0 Å². The summed E-state index contributed by atoms with van der Waals surface area (Å²) in [6.07, 6.45) is 1.29. The van der Waals surface area contributed by atoms with E-state index in [1.54, 1.807) is 47.7 Å². The number of nitrogens with one attached hydrogen (secondary N) is 1. The van der Waals surface area contributed by atoms with Gasteiger partial charge >= 0.3 is 5.97 Å². The standard InChI is InChI=1S/C35H37NO6S3/c1-22-19-31(44-32-29(38)21-35(5,42-33(32)39)17-16-23-8-12-25(37)13-9-23)27(34(2,3)4)20-28(22)36-45(40,41)26-14-10-24(11-15-26)30-7-6-18-43-30/h6-15,18-20,36-38H,16-17,21H2,1-5H3. The third-order valence-corrected chi connectivity index (χ3v) is 11.2. The fraction of sp³-hybridized carbons (Fsp3) is 0.286. The highest BCUT2D eigenvalue weighted by Gasteiger charge is 2.39. The third kappa shape index (κ3) is 7.57. The maximum absolute atomic E-state index is 13.4. The maximum Gasteiger partial charge on any atom is 0.348 e. The van der Waals surface area contributed by atoms with Gasteiger partial charge in [-0.3, -0.25) is 4.72 Å². The highest BCUT2D eigenvalue weighted by atomic mass is 32.2. The number of benzene rings is 3. The summed E-state index contributed by atoms with van der Waals surface area (Å²) in [5, 5.41) is 22.6. The van der Waals surface area contributed by atoms with Crippen LogP contribution < -0.4 is 4.72 Å². The van der Waals surface area contributed by atoms with Crippen molar-refractivity contribution in [1.29, 1.82) is 0 Å². The first kappa shape index (κ1) is 32.7. The number of hydrogen-bond donors (Lipinski definition) is 3. The number of ether oxygens (including phenoxy) is 1. The van der Waals surface area contributed by atoms with Gasteiger partial charge in [0.25, 0.3) is 10.0 Å². The third-order valence-electron chi connectivity index (χ3n) is 7.77. The summed E-state index contributed by atoms with van der Waals surface area (Å²) in [7, 11) is -3.87. The monoisotopic (exact) mass is 663 g/mol. The quantitative estimate of drug-likeness (QED) is 0.154. The summed E-state index contributed by atoms with van der Waals surface area (Å²) in [5.74, 6) is -0.436. The van der Waals surface area contributed by atoms with Crippen molar-refractivity contribution in [3.05, 3.63) is 106 Å². The second-order valence-corrected chi connectivity index (χ2v) is 16.3. The molecule has 0 radical (unpaired) electrons. The summed E-state index contributed by atoms with van der Waals surface area (Å²) in [5.41, 5.74) is 2.59. The molecule has 1 atom stereocenters. The Morgan fingerprint density at radius 2 is 1.71 bits per heavy atom. The van der Waals surface area contributed by atoms with E-state index in [0.717, 1.165) is 38.2 Å². The molecule has 3 N–H and O–H groups in total.